The first-order chi connectivity index (χ1) is 8.10. The summed E-state index contributed by atoms with van der Waals surface area (Å²) < 4.78 is 0. The number of aryl methyl sites for hydroxylation is 1. The Balaban J connectivity index is 2.46. The van der Waals surface area contributed by atoms with Gasteiger partial charge in [-0.3, -0.25) is 4.98 Å². The van der Waals surface area contributed by atoms with Gasteiger partial charge in [0.1, 0.15) is 0 Å². The van der Waals surface area contributed by atoms with Crippen LogP contribution in [0.5, 0.6) is 0 Å². The van der Waals surface area contributed by atoms with Gasteiger partial charge in [-0.15, -0.1) is 0 Å². The molecule has 0 saturated carbocycles. The molecule has 2 rings (SSSR count). The second-order valence-electron chi connectivity index (χ2n) is 4.64. The molecule has 1 unspecified atom stereocenters. The number of rotatable bonds is 3. The minimum Gasteiger partial charge on any atom is -0.330 e. The summed E-state index contributed by atoms with van der Waals surface area (Å²) in [5.41, 5.74) is 8.95. The van der Waals surface area contributed by atoms with Crippen LogP contribution in [0, 0.1) is 12.8 Å². The first-order valence-corrected chi connectivity index (χ1v) is 6.24. The lowest BCUT2D eigenvalue weighted by atomic mass is 10.0. The number of aromatic nitrogens is 1. The standard InChI is InChI=1S/C14H17ClN2/c1-9(8-16)5-12-6-10(2)13-4-3-11(15)7-14(13)17-12/h3-4,6-7,9H,5,8,16H2,1-2H3. The van der Waals surface area contributed by atoms with Gasteiger partial charge in [0.25, 0.3) is 0 Å². The summed E-state index contributed by atoms with van der Waals surface area (Å²) in [5.74, 6) is 0.457. The highest BCUT2D eigenvalue weighted by atomic mass is 35.5. The third kappa shape index (κ3) is 2.76. The number of hydrogen-bond donors (Lipinski definition) is 1. The molecule has 1 heterocycles. The van der Waals surface area contributed by atoms with E-state index in [0.717, 1.165) is 22.7 Å². The molecule has 0 fully saturated rings. The van der Waals surface area contributed by atoms with Gasteiger partial charge in [-0.2, -0.15) is 0 Å². The predicted octanol–water partition coefficient (Wildman–Crippen LogP) is 3.33. The molecule has 2 N–H and O–H groups in total. The van der Waals surface area contributed by atoms with Gasteiger partial charge >= 0.3 is 0 Å². The SMILES string of the molecule is Cc1cc(CC(C)CN)nc2cc(Cl)ccc12. The Morgan fingerprint density at radius 1 is 1.35 bits per heavy atom. The Bertz CT molecular complexity index is 537. The van der Waals surface area contributed by atoms with Crippen LogP contribution in [0.4, 0.5) is 0 Å². The van der Waals surface area contributed by atoms with Crippen molar-refractivity contribution in [2.24, 2.45) is 11.7 Å². The Morgan fingerprint density at radius 3 is 2.82 bits per heavy atom. The topological polar surface area (TPSA) is 38.9 Å². The minimum absolute atomic E-state index is 0.457. The molecule has 0 aliphatic carbocycles. The zero-order valence-electron chi connectivity index (χ0n) is 10.2. The van der Waals surface area contributed by atoms with Crippen molar-refractivity contribution in [2.75, 3.05) is 6.54 Å². The number of hydrogen-bond acceptors (Lipinski definition) is 2. The maximum atomic E-state index is 6.00. The van der Waals surface area contributed by atoms with E-state index >= 15 is 0 Å². The molecule has 0 radical (unpaired) electrons. The molecular formula is C14H17ClN2. The predicted molar refractivity (Wildman–Crippen MR) is 73.4 cm³/mol. The molecule has 0 spiro atoms. The van der Waals surface area contributed by atoms with E-state index in [1.54, 1.807) is 0 Å². The molecule has 1 aromatic carbocycles. The van der Waals surface area contributed by atoms with Crippen LogP contribution in [0.1, 0.15) is 18.2 Å². The molecule has 0 aliphatic rings. The van der Waals surface area contributed by atoms with E-state index in [1.165, 1.54) is 10.9 Å². The van der Waals surface area contributed by atoms with Crippen molar-refractivity contribution in [1.82, 2.24) is 4.98 Å². The van der Waals surface area contributed by atoms with E-state index in [-0.39, 0.29) is 0 Å². The lowest BCUT2D eigenvalue weighted by molar-refractivity contribution is 0.585. The lowest BCUT2D eigenvalue weighted by Crippen LogP contribution is -2.13. The van der Waals surface area contributed by atoms with Crippen LogP contribution >= 0.6 is 11.6 Å². The molecule has 0 bridgehead atoms. The second kappa shape index (κ2) is 5.03. The summed E-state index contributed by atoms with van der Waals surface area (Å²) in [6.07, 6.45) is 0.916. The molecule has 2 aromatic rings. The monoisotopic (exact) mass is 248 g/mol. The third-order valence-corrected chi connectivity index (χ3v) is 3.23. The van der Waals surface area contributed by atoms with Crippen LogP contribution < -0.4 is 5.73 Å². The van der Waals surface area contributed by atoms with Crippen molar-refractivity contribution in [3.63, 3.8) is 0 Å². The van der Waals surface area contributed by atoms with Crippen LogP contribution in [0.15, 0.2) is 24.3 Å². The summed E-state index contributed by atoms with van der Waals surface area (Å²) in [7, 11) is 0. The van der Waals surface area contributed by atoms with E-state index in [4.69, 9.17) is 17.3 Å². The van der Waals surface area contributed by atoms with Crippen molar-refractivity contribution < 1.29 is 0 Å². The van der Waals surface area contributed by atoms with Gasteiger partial charge in [0, 0.05) is 16.1 Å². The van der Waals surface area contributed by atoms with Crippen molar-refractivity contribution in [2.45, 2.75) is 20.3 Å². The zero-order valence-corrected chi connectivity index (χ0v) is 11.0. The highest BCUT2D eigenvalue weighted by Gasteiger charge is 2.06. The normalized spacial score (nSPS) is 12.9. The summed E-state index contributed by atoms with van der Waals surface area (Å²) in [4.78, 5) is 4.64. The summed E-state index contributed by atoms with van der Waals surface area (Å²) >= 11 is 6.00. The van der Waals surface area contributed by atoms with Crippen LogP contribution in [0.2, 0.25) is 5.02 Å². The van der Waals surface area contributed by atoms with Gasteiger partial charge in [-0.25, -0.2) is 0 Å². The highest BCUT2D eigenvalue weighted by Crippen LogP contribution is 2.22. The molecular weight excluding hydrogens is 232 g/mol. The molecule has 3 heteroatoms. The second-order valence-corrected chi connectivity index (χ2v) is 5.07. The quantitative estimate of drug-likeness (QED) is 0.905. The first kappa shape index (κ1) is 12.3. The minimum atomic E-state index is 0.457. The van der Waals surface area contributed by atoms with Crippen molar-refractivity contribution in [3.05, 3.63) is 40.5 Å². The average molecular weight is 249 g/mol. The maximum absolute atomic E-state index is 6.00. The fourth-order valence-electron chi connectivity index (χ4n) is 1.99. The number of benzene rings is 1. The summed E-state index contributed by atoms with van der Waals surface area (Å²) in [5, 5.41) is 1.90. The van der Waals surface area contributed by atoms with Gasteiger partial charge in [0.15, 0.2) is 0 Å². The largest absolute Gasteiger partial charge is 0.330 e. The van der Waals surface area contributed by atoms with Gasteiger partial charge in [0.2, 0.25) is 0 Å². The average Bonchev–Trinajstić information content (AvgIpc) is 2.28. The van der Waals surface area contributed by atoms with Crippen LogP contribution in [-0.2, 0) is 6.42 Å². The van der Waals surface area contributed by atoms with Gasteiger partial charge in [0.05, 0.1) is 5.52 Å². The van der Waals surface area contributed by atoms with E-state index in [0.29, 0.717) is 12.5 Å². The zero-order chi connectivity index (χ0) is 12.4. The van der Waals surface area contributed by atoms with Gasteiger partial charge in [-0.1, -0.05) is 24.6 Å². The molecule has 1 atom stereocenters. The summed E-state index contributed by atoms with van der Waals surface area (Å²) in [6, 6.07) is 7.99. The Hall–Kier alpha value is -1.12. The van der Waals surface area contributed by atoms with E-state index in [9.17, 15) is 0 Å². The molecule has 0 amide bonds. The fraction of sp³-hybridized carbons (Fsp3) is 0.357. The summed E-state index contributed by atoms with van der Waals surface area (Å²) in [6.45, 7) is 4.93. The molecule has 0 aliphatic heterocycles. The molecule has 2 nitrogen and oxygen atoms in total. The first-order valence-electron chi connectivity index (χ1n) is 5.86. The van der Waals surface area contributed by atoms with Crippen molar-refractivity contribution >= 4 is 22.5 Å². The molecule has 17 heavy (non-hydrogen) atoms. The lowest BCUT2D eigenvalue weighted by Gasteiger charge is -2.10. The van der Waals surface area contributed by atoms with E-state index < -0.39 is 0 Å². The fourth-order valence-corrected chi connectivity index (χ4v) is 2.16. The number of fused-ring (bicyclic) bond motifs is 1. The van der Waals surface area contributed by atoms with Crippen LogP contribution in [-0.4, -0.2) is 11.5 Å². The van der Waals surface area contributed by atoms with Gasteiger partial charge < -0.3 is 5.73 Å². The Morgan fingerprint density at radius 2 is 2.12 bits per heavy atom. The number of nitrogens with two attached hydrogens (primary N) is 1. The molecule has 1 aromatic heterocycles. The third-order valence-electron chi connectivity index (χ3n) is 2.99. The Kier molecular flexibility index (Phi) is 3.65. The highest BCUT2D eigenvalue weighted by molar-refractivity contribution is 6.31. The van der Waals surface area contributed by atoms with Crippen LogP contribution in [0.3, 0.4) is 0 Å². The molecule has 0 saturated heterocycles. The van der Waals surface area contributed by atoms with Crippen molar-refractivity contribution in [3.8, 4) is 0 Å². The number of nitrogens with zero attached hydrogens (tertiary/aromatic N) is 1. The number of halogens is 1. The van der Waals surface area contributed by atoms with E-state index in [1.807, 2.05) is 18.2 Å². The smallest absolute Gasteiger partial charge is 0.0722 e. The number of pyridine rings is 1. The van der Waals surface area contributed by atoms with E-state index in [2.05, 4.69) is 24.9 Å². The van der Waals surface area contributed by atoms with Gasteiger partial charge in [-0.05, 0) is 49.6 Å². The molecule has 90 valence electrons. The van der Waals surface area contributed by atoms with Crippen molar-refractivity contribution in [1.29, 1.82) is 0 Å². The Labute approximate surface area is 107 Å². The maximum Gasteiger partial charge on any atom is 0.0722 e. The van der Waals surface area contributed by atoms with Crippen LogP contribution in [0.25, 0.3) is 10.9 Å².